The zero-order valence-electron chi connectivity index (χ0n) is 26.2. The number of hydrogen-bond donors (Lipinski definition) is 1. The molecule has 0 amide bonds. The number of halogens is 2. The molecule has 0 saturated heterocycles. The Morgan fingerprint density at radius 1 is 0.750 bits per heavy atom. The Bertz CT molecular complexity index is 1340. The van der Waals surface area contributed by atoms with Crippen molar-refractivity contribution in [1.29, 1.82) is 0 Å². The van der Waals surface area contributed by atoms with Gasteiger partial charge >= 0.3 is 11.9 Å². The summed E-state index contributed by atoms with van der Waals surface area (Å²) >= 11 is 0. The van der Waals surface area contributed by atoms with E-state index >= 15 is 0 Å². The number of carboxylic acids is 1. The predicted octanol–water partition coefficient (Wildman–Crippen LogP) is 10.4. The molecule has 0 fully saturated rings. The van der Waals surface area contributed by atoms with E-state index in [9.17, 15) is 23.5 Å². The lowest BCUT2D eigenvalue weighted by molar-refractivity contribution is -0.140. The van der Waals surface area contributed by atoms with Gasteiger partial charge in [0.15, 0.2) is 11.6 Å². The molecule has 44 heavy (non-hydrogen) atoms. The monoisotopic (exact) mass is 608 g/mol. The number of carbonyl (C=O) groups excluding carboxylic acids is 1. The van der Waals surface area contributed by atoms with Gasteiger partial charge in [-0.3, -0.25) is 4.79 Å². The van der Waals surface area contributed by atoms with E-state index in [1.54, 1.807) is 37.3 Å². The lowest BCUT2D eigenvalue weighted by Gasteiger charge is -2.20. The Morgan fingerprint density at radius 2 is 1.32 bits per heavy atom. The van der Waals surface area contributed by atoms with E-state index in [4.69, 9.17) is 9.47 Å². The zero-order chi connectivity index (χ0) is 31.9. The summed E-state index contributed by atoms with van der Waals surface area (Å²) in [6.45, 7) is 6.47. The highest BCUT2D eigenvalue weighted by Crippen LogP contribution is 2.33. The van der Waals surface area contributed by atoms with E-state index in [-0.39, 0.29) is 22.8 Å². The van der Waals surface area contributed by atoms with Crippen molar-refractivity contribution in [3.63, 3.8) is 0 Å². The van der Waals surface area contributed by atoms with Crippen LogP contribution in [0.25, 0.3) is 11.1 Å². The van der Waals surface area contributed by atoms with Crippen molar-refractivity contribution in [3.8, 4) is 22.6 Å². The van der Waals surface area contributed by atoms with Crippen LogP contribution in [0.4, 0.5) is 8.78 Å². The number of ether oxygens (including phenoxy) is 2. The van der Waals surface area contributed by atoms with Crippen molar-refractivity contribution in [2.24, 2.45) is 5.92 Å². The molecule has 0 aromatic heterocycles. The molecule has 5 nitrogen and oxygen atoms in total. The maximum Gasteiger partial charge on any atom is 0.343 e. The van der Waals surface area contributed by atoms with Gasteiger partial charge in [0, 0.05) is 5.56 Å². The molecule has 0 radical (unpaired) electrons. The van der Waals surface area contributed by atoms with Gasteiger partial charge in [-0.15, -0.1) is 0 Å². The number of unbranched alkanes of at least 4 members (excludes halogenated alkanes) is 9. The third kappa shape index (κ3) is 10.5. The van der Waals surface area contributed by atoms with Crippen LogP contribution in [0.2, 0.25) is 0 Å². The summed E-state index contributed by atoms with van der Waals surface area (Å²) in [4.78, 5) is 24.4. The third-order valence-corrected chi connectivity index (χ3v) is 8.14. The topological polar surface area (TPSA) is 72.8 Å². The first kappa shape index (κ1) is 34.7. The number of esters is 1. The van der Waals surface area contributed by atoms with Crippen LogP contribution in [-0.2, 0) is 4.79 Å². The normalized spacial score (nSPS) is 12.5. The first-order valence-corrected chi connectivity index (χ1v) is 16.0. The number of hydrogen-bond acceptors (Lipinski definition) is 4. The second-order valence-electron chi connectivity index (χ2n) is 11.5. The SMILES string of the molecule is CCCCCCCCCCCCOc1ccc(C(=O)Oc2ccc(-c3ccc([C@@H](C(=O)O)C(C)CC)c(F)c3)cc2F)cc1. The van der Waals surface area contributed by atoms with E-state index in [0.717, 1.165) is 18.9 Å². The van der Waals surface area contributed by atoms with Crippen molar-refractivity contribution in [2.45, 2.75) is 97.3 Å². The number of carboxylic acid groups (broad SMARTS) is 1. The van der Waals surface area contributed by atoms with Gasteiger partial charge in [-0.05, 0) is 65.9 Å². The average Bonchev–Trinajstić information content (AvgIpc) is 3.01. The molecule has 1 N–H and O–H groups in total. The predicted molar refractivity (Wildman–Crippen MR) is 170 cm³/mol. The highest BCUT2D eigenvalue weighted by atomic mass is 19.1. The number of carbonyl (C=O) groups is 2. The Kier molecular flexibility index (Phi) is 14.3. The van der Waals surface area contributed by atoms with Crippen molar-refractivity contribution in [3.05, 3.63) is 83.4 Å². The highest BCUT2D eigenvalue weighted by molar-refractivity contribution is 5.91. The molecule has 7 heteroatoms. The fraction of sp³-hybridized carbons (Fsp3) is 0.459. The molecule has 0 aliphatic carbocycles. The molecule has 0 saturated carbocycles. The first-order valence-electron chi connectivity index (χ1n) is 16.0. The molecule has 0 heterocycles. The van der Waals surface area contributed by atoms with Gasteiger partial charge in [0.25, 0.3) is 0 Å². The molecule has 2 atom stereocenters. The van der Waals surface area contributed by atoms with E-state index < -0.39 is 29.5 Å². The van der Waals surface area contributed by atoms with Crippen LogP contribution in [0.15, 0.2) is 60.7 Å². The Hall–Kier alpha value is -3.74. The van der Waals surface area contributed by atoms with Crippen LogP contribution >= 0.6 is 0 Å². The molecule has 3 aromatic rings. The van der Waals surface area contributed by atoms with E-state index in [1.165, 1.54) is 75.6 Å². The highest BCUT2D eigenvalue weighted by Gasteiger charge is 2.28. The fourth-order valence-corrected chi connectivity index (χ4v) is 5.27. The lowest BCUT2D eigenvalue weighted by Crippen LogP contribution is -2.20. The molecule has 0 aliphatic rings. The van der Waals surface area contributed by atoms with E-state index in [2.05, 4.69) is 6.92 Å². The van der Waals surface area contributed by atoms with Crippen LogP contribution < -0.4 is 9.47 Å². The van der Waals surface area contributed by atoms with E-state index in [0.29, 0.717) is 29.9 Å². The minimum absolute atomic E-state index is 0.0943. The molecular weight excluding hydrogens is 562 g/mol. The molecule has 0 aliphatic heterocycles. The second-order valence-corrected chi connectivity index (χ2v) is 11.5. The summed E-state index contributed by atoms with van der Waals surface area (Å²) in [7, 11) is 0. The number of benzene rings is 3. The van der Waals surface area contributed by atoms with Crippen LogP contribution in [-0.4, -0.2) is 23.7 Å². The quantitative estimate of drug-likeness (QED) is 0.0833. The fourth-order valence-electron chi connectivity index (χ4n) is 5.27. The second kappa shape index (κ2) is 18.2. The smallest absolute Gasteiger partial charge is 0.343 e. The Labute approximate surface area is 260 Å². The summed E-state index contributed by atoms with van der Waals surface area (Å²) in [5.41, 5.74) is 1.10. The largest absolute Gasteiger partial charge is 0.494 e. The average molecular weight is 609 g/mol. The maximum atomic E-state index is 15.0. The molecule has 0 bridgehead atoms. The number of rotatable bonds is 19. The summed E-state index contributed by atoms with van der Waals surface area (Å²) in [5.74, 6) is -4.06. The Balaban J connectivity index is 1.49. The summed E-state index contributed by atoms with van der Waals surface area (Å²) in [6, 6.07) is 14.8. The van der Waals surface area contributed by atoms with Gasteiger partial charge in [-0.1, -0.05) is 103 Å². The lowest BCUT2D eigenvalue weighted by atomic mass is 9.84. The van der Waals surface area contributed by atoms with Crippen LogP contribution in [0.5, 0.6) is 11.5 Å². The molecule has 3 rings (SSSR count). The molecular formula is C37H46F2O5. The molecule has 0 spiro atoms. The van der Waals surface area contributed by atoms with Gasteiger partial charge in [-0.2, -0.15) is 0 Å². The van der Waals surface area contributed by atoms with Gasteiger partial charge in [0.2, 0.25) is 0 Å². The van der Waals surface area contributed by atoms with Gasteiger partial charge < -0.3 is 14.6 Å². The minimum atomic E-state index is -1.09. The van der Waals surface area contributed by atoms with Gasteiger partial charge in [-0.25, -0.2) is 13.6 Å². The standard InChI is InChI=1S/C37H46F2O5/c1-4-6-7-8-9-10-11-12-13-14-23-43-30-19-15-27(16-20-30)37(42)44-34-22-18-29(25-33(34)39)28-17-21-31(32(38)24-28)35(36(40)41)26(3)5-2/h15-22,24-26,35H,4-14,23H2,1-3H3,(H,40,41)/t26?,35-/m0/s1. The number of aliphatic carboxylic acids is 1. The molecule has 3 aromatic carbocycles. The minimum Gasteiger partial charge on any atom is -0.494 e. The summed E-state index contributed by atoms with van der Waals surface area (Å²) in [5, 5.41) is 9.61. The first-order chi connectivity index (χ1) is 21.2. The zero-order valence-corrected chi connectivity index (χ0v) is 26.2. The van der Waals surface area contributed by atoms with Crippen molar-refractivity contribution in [2.75, 3.05) is 6.61 Å². The van der Waals surface area contributed by atoms with Gasteiger partial charge in [0.05, 0.1) is 18.1 Å². The van der Waals surface area contributed by atoms with Crippen LogP contribution in [0.1, 0.15) is 113 Å². The summed E-state index contributed by atoms with van der Waals surface area (Å²) < 4.78 is 40.9. The Morgan fingerprint density at radius 3 is 1.86 bits per heavy atom. The van der Waals surface area contributed by atoms with Crippen LogP contribution in [0, 0.1) is 17.6 Å². The van der Waals surface area contributed by atoms with Crippen molar-refractivity contribution < 1.29 is 33.0 Å². The third-order valence-electron chi connectivity index (χ3n) is 8.14. The van der Waals surface area contributed by atoms with Gasteiger partial charge in [0.1, 0.15) is 11.6 Å². The molecule has 238 valence electrons. The summed E-state index contributed by atoms with van der Waals surface area (Å²) in [6.07, 6.45) is 13.1. The van der Waals surface area contributed by atoms with Crippen molar-refractivity contribution >= 4 is 11.9 Å². The van der Waals surface area contributed by atoms with E-state index in [1.807, 2.05) is 6.92 Å². The van der Waals surface area contributed by atoms with Crippen molar-refractivity contribution in [1.82, 2.24) is 0 Å². The molecule has 1 unspecified atom stereocenters. The maximum absolute atomic E-state index is 15.0. The van der Waals surface area contributed by atoms with Crippen LogP contribution in [0.3, 0.4) is 0 Å².